The molecule has 0 saturated heterocycles. The first-order valence-electron chi connectivity index (χ1n) is 4.44. The molecule has 0 heterocycles. The van der Waals surface area contributed by atoms with Gasteiger partial charge in [0.25, 0.3) is 0 Å². The Labute approximate surface area is 83.8 Å². The highest BCUT2D eigenvalue weighted by atomic mass is 79.9. The molecule has 0 aliphatic carbocycles. The van der Waals surface area contributed by atoms with Gasteiger partial charge >= 0.3 is 0 Å². The zero-order chi connectivity index (χ0) is 9.23. The fourth-order valence-electron chi connectivity index (χ4n) is 0.855. The molecule has 0 aromatic rings. The predicted octanol–water partition coefficient (Wildman–Crippen LogP) is 2.46. The van der Waals surface area contributed by atoms with Gasteiger partial charge < -0.3 is 9.47 Å². The Morgan fingerprint density at radius 3 is 2.58 bits per heavy atom. The molecule has 0 bridgehead atoms. The maximum Gasteiger partial charge on any atom is 0.0700 e. The van der Waals surface area contributed by atoms with E-state index in [0.717, 1.165) is 30.9 Å². The summed E-state index contributed by atoms with van der Waals surface area (Å²) in [6.45, 7) is 4.53. The van der Waals surface area contributed by atoms with Crippen molar-refractivity contribution in [3.8, 4) is 0 Å². The van der Waals surface area contributed by atoms with Crippen molar-refractivity contribution in [1.29, 1.82) is 0 Å². The molecule has 0 aliphatic rings. The molecule has 2 nitrogen and oxygen atoms in total. The van der Waals surface area contributed by atoms with E-state index >= 15 is 0 Å². The summed E-state index contributed by atoms with van der Waals surface area (Å²) in [6.07, 6.45) is 2.38. The number of rotatable bonds is 8. The summed E-state index contributed by atoms with van der Waals surface area (Å²) in [7, 11) is 1.69. The lowest BCUT2D eigenvalue weighted by Gasteiger charge is -2.07. The molecule has 0 radical (unpaired) electrons. The number of methoxy groups -OCH3 is 1. The largest absolute Gasteiger partial charge is 0.382 e. The Hall–Kier alpha value is 0.400. The first-order valence-corrected chi connectivity index (χ1v) is 5.56. The monoisotopic (exact) mass is 238 g/mol. The third kappa shape index (κ3) is 8.50. The minimum Gasteiger partial charge on any atom is -0.382 e. The molecule has 1 unspecified atom stereocenters. The quantitative estimate of drug-likeness (QED) is 0.478. The number of alkyl halides is 1. The fourth-order valence-corrected chi connectivity index (χ4v) is 1.18. The van der Waals surface area contributed by atoms with Crippen LogP contribution in [0, 0.1) is 5.92 Å². The number of halogens is 1. The van der Waals surface area contributed by atoms with E-state index in [1.807, 2.05) is 0 Å². The average molecular weight is 239 g/mol. The van der Waals surface area contributed by atoms with Gasteiger partial charge in [-0.1, -0.05) is 22.9 Å². The van der Waals surface area contributed by atoms with Crippen molar-refractivity contribution in [2.45, 2.75) is 19.8 Å². The topological polar surface area (TPSA) is 18.5 Å². The molecule has 0 N–H and O–H groups in total. The second kappa shape index (κ2) is 9.49. The van der Waals surface area contributed by atoms with Crippen LogP contribution >= 0.6 is 15.9 Å². The lowest BCUT2D eigenvalue weighted by atomic mass is 10.1. The van der Waals surface area contributed by atoms with Crippen molar-refractivity contribution < 1.29 is 9.47 Å². The Morgan fingerprint density at radius 1 is 1.25 bits per heavy atom. The van der Waals surface area contributed by atoms with Crippen LogP contribution in [0.3, 0.4) is 0 Å². The zero-order valence-electron chi connectivity index (χ0n) is 8.01. The van der Waals surface area contributed by atoms with Crippen LogP contribution in [0.2, 0.25) is 0 Å². The van der Waals surface area contributed by atoms with E-state index in [9.17, 15) is 0 Å². The summed E-state index contributed by atoms with van der Waals surface area (Å²) in [4.78, 5) is 0. The highest BCUT2D eigenvalue weighted by molar-refractivity contribution is 9.09. The maximum atomic E-state index is 5.33. The lowest BCUT2D eigenvalue weighted by molar-refractivity contribution is 0.0677. The van der Waals surface area contributed by atoms with E-state index < -0.39 is 0 Å². The minimum absolute atomic E-state index is 0.702. The molecule has 0 aromatic carbocycles. The average Bonchev–Trinajstić information content (AvgIpc) is 2.10. The van der Waals surface area contributed by atoms with Crippen LogP contribution in [-0.4, -0.2) is 32.3 Å². The molecule has 3 heteroatoms. The van der Waals surface area contributed by atoms with E-state index in [1.165, 1.54) is 6.42 Å². The minimum atomic E-state index is 0.702. The van der Waals surface area contributed by atoms with Gasteiger partial charge in [-0.2, -0.15) is 0 Å². The predicted molar refractivity (Wildman–Crippen MR) is 54.9 cm³/mol. The number of hydrogen-bond acceptors (Lipinski definition) is 2. The van der Waals surface area contributed by atoms with Crippen molar-refractivity contribution in [2.24, 2.45) is 5.92 Å². The van der Waals surface area contributed by atoms with E-state index in [0.29, 0.717) is 6.61 Å². The van der Waals surface area contributed by atoms with Gasteiger partial charge in [-0.25, -0.2) is 0 Å². The van der Waals surface area contributed by atoms with E-state index in [4.69, 9.17) is 9.47 Å². The van der Waals surface area contributed by atoms with Crippen LogP contribution < -0.4 is 0 Å². The van der Waals surface area contributed by atoms with Gasteiger partial charge in [0.1, 0.15) is 0 Å². The molecule has 1 atom stereocenters. The lowest BCUT2D eigenvalue weighted by Crippen LogP contribution is -2.04. The van der Waals surface area contributed by atoms with E-state index in [1.54, 1.807) is 7.11 Å². The van der Waals surface area contributed by atoms with Gasteiger partial charge in [-0.15, -0.1) is 0 Å². The molecular formula is C9H19BrO2. The first kappa shape index (κ1) is 12.4. The third-order valence-electron chi connectivity index (χ3n) is 1.68. The Morgan fingerprint density at radius 2 is 2.00 bits per heavy atom. The van der Waals surface area contributed by atoms with Gasteiger partial charge in [-0.3, -0.25) is 0 Å². The van der Waals surface area contributed by atoms with Crippen molar-refractivity contribution in [2.75, 3.05) is 32.3 Å². The van der Waals surface area contributed by atoms with Crippen LogP contribution in [0.25, 0.3) is 0 Å². The molecule has 74 valence electrons. The summed E-state index contributed by atoms with van der Waals surface area (Å²) in [5.74, 6) is 0.760. The van der Waals surface area contributed by atoms with Crippen molar-refractivity contribution >= 4 is 15.9 Å². The van der Waals surface area contributed by atoms with Crippen LogP contribution in [-0.2, 0) is 9.47 Å². The normalized spacial score (nSPS) is 13.2. The van der Waals surface area contributed by atoms with E-state index in [-0.39, 0.29) is 0 Å². The molecule has 0 rings (SSSR count). The van der Waals surface area contributed by atoms with Crippen LogP contribution in [0.15, 0.2) is 0 Å². The molecule has 0 aliphatic heterocycles. The Kier molecular flexibility index (Phi) is 9.80. The fraction of sp³-hybridized carbons (Fsp3) is 1.00. The second-order valence-electron chi connectivity index (χ2n) is 3.01. The SMILES string of the molecule is COCCOCCCC(C)CBr. The molecule has 0 spiro atoms. The molecule has 0 amide bonds. The van der Waals surface area contributed by atoms with Crippen molar-refractivity contribution in [3.63, 3.8) is 0 Å². The highest BCUT2D eigenvalue weighted by Gasteiger charge is 1.98. The summed E-state index contributed by atoms with van der Waals surface area (Å²) >= 11 is 3.45. The highest BCUT2D eigenvalue weighted by Crippen LogP contribution is 2.07. The van der Waals surface area contributed by atoms with Crippen LogP contribution in [0.4, 0.5) is 0 Å². The summed E-state index contributed by atoms with van der Waals surface area (Å²) in [6, 6.07) is 0. The molecule has 0 saturated carbocycles. The smallest absolute Gasteiger partial charge is 0.0700 e. The summed E-state index contributed by atoms with van der Waals surface area (Å²) in [5.41, 5.74) is 0. The van der Waals surface area contributed by atoms with Crippen molar-refractivity contribution in [3.05, 3.63) is 0 Å². The van der Waals surface area contributed by atoms with Gasteiger partial charge in [-0.05, 0) is 18.8 Å². The van der Waals surface area contributed by atoms with Gasteiger partial charge in [0.2, 0.25) is 0 Å². The zero-order valence-corrected chi connectivity index (χ0v) is 9.60. The standard InChI is InChI=1S/C9H19BrO2/c1-9(8-10)4-3-5-12-7-6-11-2/h9H,3-8H2,1-2H3. The molecule has 0 aromatic heterocycles. The first-order chi connectivity index (χ1) is 5.81. The van der Waals surface area contributed by atoms with Crippen LogP contribution in [0.1, 0.15) is 19.8 Å². The maximum absolute atomic E-state index is 5.33. The Bertz CT molecular complexity index is 88.6. The van der Waals surface area contributed by atoms with Crippen molar-refractivity contribution in [1.82, 2.24) is 0 Å². The number of ether oxygens (including phenoxy) is 2. The second-order valence-corrected chi connectivity index (χ2v) is 3.65. The summed E-state index contributed by atoms with van der Waals surface area (Å²) < 4.78 is 10.2. The van der Waals surface area contributed by atoms with E-state index in [2.05, 4.69) is 22.9 Å². The number of hydrogen-bond donors (Lipinski definition) is 0. The molecular weight excluding hydrogens is 220 g/mol. The summed E-state index contributed by atoms with van der Waals surface area (Å²) in [5, 5.41) is 1.09. The third-order valence-corrected chi connectivity index (χ3v) is 2.79. The van der Waals surface area contributed by atoms with Gasteiger partial charge in [0.05, 0.1) is 13.2 Å². The Balaban J connectivity index is 2.90. The van der Waals surface area contributed by atoms with Gasteiger partial charge in [0.15, 0.2) is 0 Å². The van der Waals surface area contributed by atoms with Gasteiger partial charge in [0, 0.05) is 19.0 Å². The molecule has 12 heavy (non-hydrogen) atoms. The van der Waals surface area contributed by atoms with Crippen LogP contribution in [0.5, 0.6) is 0 Å². The molecule has 0 fully saturated rings.